The van der Waals surface area contributed by atoms with Crippen LogP contribution < -0.4 is 0 Å². The fraction of sp³-hybridized carbons (Fsp3) is 0.333. The lowest BCUT2D eigenvalue weighted by Gasteiger charge is -2.21. The highest BCUT2D eigenvalue weighted by atomic mass is 35.5. The van der Waals surface area contributed by atoms with Gasteiger partial charge in [-0.15, -0.1) is 0 Å². The number of benzene rings is 1. The number of fused-ring (bicyclic) bond motifs is 1. The van der Waals surface area contributed by atoms with Gasteiger partial charge in [-0.1, -0.05) is 29.8 Å². The van der Waals surface area contributed by atoms with E-state index in [1.807, 2.05) is 24.3 Å². The highest BCUT2D eigenvalue weighted by molar-refractivity contribution is 6.35. The van der Waals surface area contributed by atoms with E-state index in [0.29, 0.717) is 23.7 Å². The molecule has 0 saturated carbocycles. The first-order valence-corrected chi connectivity index (χ1v) is 6.99. The first-order chi connectivity index (χ1) is 10.2. The van der Waals surface area contributed by atoms with Crippen LogP contribution in [0.3, 0.4) is 0 Å². The molecular formula is C15H17ClN2O3. The minimum atomic E-state index is -0.270. The molecule has 0 spiro atoms. The van der Waals surface area contributed by atoms with Gasteiger partial charge in [-0.2, -0.15) is 0 Å². The molecule has 0 unspecified atom stereocenters. The summed E-state index contributed by atoms with van der Waals surface area (Å²) in [6.45, 7) is 0.903. The Morgan fingerprint density at radius 1 is 1.38 bits per heavy atom. The van der Waals surface area contributed by atoms with Gasteiger partial charge < -0.3 is 14.7 Å². The molecular weight excluding hydrogens is 292 g/mol. The predicted molar refractivity (Wildman–Crippen MR) is 81.6 cm³/mol. The van der Waals surface area contributed by atoms with E-state index in [-0.39, 0.29) is 24.8 Å². The second kappa shape index (κ2) is 7.36. The molecule has 112 valence electrons. The highest BCUT2D eigenvalue weighted by Gasteiger charge is 2.18. The van der Waals surface area contributed by atoms with Crippen molar-refractivity contribution in [3.63, 3.8) is 0 Å². The van der Waals surface area contributed by atoms with E-state index >= 15 is 0 Å². The van der Waals surface area contributed by atoms with Crippen molar-refractivity contribution in [2.24, 2.45) is 0 Å². The van der Waals surface area contributed by atoms with E-state index in [4.69, 9.17) is 21.4 Å². The number of aromatic nitrogens is 1. The number of carbonyl (C=O) groups excluding carboxylic acids is 1. The van der Waals surface area contributed by atoms with E-state index in [9.17, 15) is 4.79 Å². The van der Waals surface area contributed by atoms with Crippen molar-refractivity contribution < 1.29 is 14.6 Å². The van der Waals surface area contributed by atoms with Crippen LogP contribution >= 0.6 is 11.6 Å². The maximum absolute atomic E-state index is 12.5. The summed E-state index contributed by atoms with van der Waals surface area (Å²) in [4.78, 5) is 18.3. The first kappa shape index (κ1) is 15.7. The zero-order valence-electron chi connectivity index (χ0n) is 11.8. The molecule has 5 nitrogen and oxygen atoms in total. The number of amides is 1. The Balaban J connectivity index is 2.32. The average molecular weight is 309 g/mol. The van der Waals surface area contributed by atoms with E-state index in [1.165, 1.54) is 4.90 Å². The van der Waals surface area contributed by atoms with E-state index in [1.54, 1.807) is 13.2 Å². The zero-order valence-corrected chi connectivity index (χ0v) is 12.5. The Labute approximate surface area is 128 Å². The molecule has 0 saturated heterocycles. The van der Waals surface area contributed by atoms with Gasteiger partial charge >= 0.3 is 0 Å². The van der Waals surface area contributed by atoms with Crippen molar-refractivity contribution in [3.05, 3.63) is 41.0 Å². The molecule has 2 aromatic rings. The molecule has 0 fully saturated rings. The summed E-state index contributed by atoms with van der Waals surface area (Å²) in [6, 6.07) is 8.94. The summed E-state index contributed by atoms with van der Waals surface area (Å²) in [5.74, 6) is -0.270. The van der Waals surface area contributed by atoms with Gasteiger partial charge in [0.05, 0.1) is 23.8 Å². The molecule has 1 aromatic carbocycles. The van der Waals surface area contributed by atoms with Crippen molar-refractivity contribution in [1.29, 1.82) is 0 Å². The van der Waals surface area contributed by atoms with Crippen LogP contribution in [0.2, 0.25) is 5.02 Å². The second-order valence-corrected chi connectivity index (χ2v) is 4.92. The number of aliphatic hydroxyl groups is 1. The average Bonchev–Trinajstić information content (AvgIpc) is 2.50. The van der Waals surface area contributed by atoms with Crippen molar-refractivity contribution in [2.45, 2.75) is 0 Å². The number of carbonyl (C=O) groups is 1. The smallest absolute Gasteiger partial charge is 0.272 e. The lowest BCUT2D eigenvalue weighted by atomic mass is 10.2. The van der Waals surface area contributed by atoms with Gasteiger partial charge in [-0.05, 0) is 12.1 Å². The molecule has 1 heterocycles. The quantitative estimate of drug-likeness (QED) is 0.886. The third-order valence-corrected chi connectivity index (χ3v) is 3.42. The number of halogens is 1. The van der Waals surface area contributed by atoms with Gasteiger partial charge in [-0.3, -0.25) is 4.79 Å². The van der Waals surface area contributed by atoms with Gasteiger partial charge in [0.25, 0.3) is 5.91 Å². The monoisotopic (exact) mass is 308 g/mol. The first-order valence-electron chi connectivity index (χ1n) is 6.61. The number of nitrogens with zero attached hydrogens (tertiary/aromatic N) is 2. The molecule has 0 aliphatic carbocycles. The van der Waals surface area contributed by atoms with Gasteiger partial charge in [0.1, 0.15) is 5.69 Å². The Kier molecular flexibility index (Phi) is 5.50. The van der Waals surface area contributed by atoms with E-state index in [2.05, 4.69) is 4.98 Å². The Bertz CT molecular complexity index is 633. The molecule has 0 aliphatic rings. The minimum Gasteiger partial charge on any atom is -0.395 e. The number of aliphatic hydroxyl groups excluding tert-OH is 1. The molecule has 0 radical (unpaired) electrons. The van der Waals surface area contributed by atoms with Gasteiger partial charge in [-0.25, -0.2) is 4.98 Å². The number of pyridine rings is 1. The number of ether oxygens (including phenoxy) is 1. The van der Waals surface area contributed by atoms with Crippen LogP contribution in [0.25, 0.3) is 10.9 Å². The topological polar surface area (TPSA) is 62.7 Å². The van der Waals surface area contributed by atoms with Crippen LogP contribution in [0.4, 0.5) is 0 Å². The molecule has 1 amide bonds. The molecule has 1 aromatic heterocycles. The van der Waals surface area contributed by atoms with Gasteiger partial charge in [0.2, 0.25) is 0 Å². The van der Waals surface area contributed by atoms with Crippen LogP contribution in [0.1, 0.15) is 10.5 Å². The Morgan fingerprint density at radius 3 is 2.86 bits per heavy atom. The number of para-hydroxylation sites is 1. The molecule has 6 heteroatoms. The summed E-state index contributed by atoms with van der Waals surface area (Å²) in [6.07, 6.45) is 0. The summed E-state index contributed by atoms with van der Waals surface area (Å²) < 4.78 is 4.98. The van der Waals surface area contributed by atoms with E-state index in [0.717, 1.165) is 5.39 Å². The lowest BCUT2D eigenvalue weighted by Crippen LogP contribution is -2.36. The summed E-state index contributed by atoms with van der Waals surface area (Å²) >= 11 is 6.21. The normalized spacial score (nSPS) is 10.8. The largest absolute Gasteiger partial charge is 0.395 e. The highest BCUT2D eigenvalue weighted by Crippen LogP contribution is 2.23. The predicted octanol–water partition coefficient (Wildman–Crippen LogP) is 1.97. The Hall–Kier alpha value is -1.69. The van der Waals surface area contributed by atoms with Crippen LogP contribution in [0.5, 0.6) is 0 Å². The lowest BCUT2D eigenvalue weighted by molar-refractivity contribution is 0.0651. The number of hydrogen-bond donors (Lipinski definition) is 1. The van der Waals surface area contributed by atoms with Crippen molar-refractivity contribution in [2.75, 3.05) is 33.4 Å². The SMILES string of the molecule is COCCN(CCO)C(=O)c1cc(Cl)c2ccccc2n1. The van der Waals surface area contributed by atoms with Crippen LogP contribution in [0, 0.1) is 0 Å². The van der Waals surface area contributed by atoms with Gasteiger partial charge in [0, 0.05) is 25.6 Å². The number of hydrogen-bond acceptors (Lipinski definition) is 4. The molecule has 0 aliphatic heterocycles. The summed E-state index contributed by atoms with van der Waals surface area (Å²) in [5, 5.41) is 10.4. The van der Waals surface area contributed by atoms with Crippen LogP contribution in [0.15, 0.2) is 30.3 Å². The maximum Gasteiger partial charge on any atom is 0.272 e. The standard InChI is InChI=1S/C15H17ClN2O3/c1-21-9-7-18(6-8-19)15(20)14-10-12(16)11-4-2-3-5-13(11)17-14/h2-5,10,19H,6-9H2,1H3. The van der Waals surface area contributed by atoms with Gasteiger partial charge in [0.15, 0.2) is 0 Å². The third-order valence-electron chi connectivity index (χ3n) is 3.11. The second-order valence-electron chi connectivity index (χ2n) is 4.52. The molecule has 0 atom stereocenters. The number of methoxy groups -OCH3 is 1. The van der Waals surface area contributed by atoms with E-state index < -0.39 is 0 Å². The Morgan fingerprint density at radius 2 is 2.14 bits per heavy atom. The molecule has 1 N–H and O–H groups in total. The maximum atomic E-state index is 12.5. The zero-order chi connectivity index (χ0) is 15.2. The fourth-order valence-corrected chi connectivity index (χ4v) is 2.30. The van der Waals surface area contributed by atoms with Crippen LogP contribution in [-0.4, -0.2) is 54.3 Å². The van der Waals surface area contributed by atoms with Crippen molar-refractivity contribution in [1.82, 2.24) is 9.88 Å². The summed E-state index contributed by atoms with van der Waals surface area (Å²) in [5.41, 5.74) is 0.937. The summed E-state index contributed by atoms with van der Waals surface area (Å²) in [7, 11) is 1.56. The number of rotatable bonds is 6. The van der Waals surface area contributed by atoms with Crippen LogP contribution in [-0.2, 0) is 4.74 Å². The third kappa shape index (κ3) is 3.69. The molecule has 2 rings (SSSR count). The minimum absolute atomic E-state index is 0.114. The molecule has 0 bridgehead atoms. The molecule has 21 heavy (non-hydrogen) atoms. The van der Waals surface area contributed by atoms with Crippen molar-refractivity contribution in [3.8, 4) is 0 Å². The van der Waals surface area contributed by atoms with Crippen molar-refractivity contribution >= 4 is 28.4 Å². The fourth-order valence-electron chi connectivity index (χ4n) is 2.04.